The monoisotopic (exact) mass is 294 g/mol. The Bertz CT molecular complexity index is 670. The molecule has 2 rings (SSSR count). The second-order valence-electron chi connectivity index (χ2n) is 4.56. The van der Waals surface area contributed by atoms with Crippen molar-refractivity contribution in [2.45, 2.75) is 25.7 Å². The quantitative estimate of drug-likeness (QED) is 0.789. The molecule has 1 aromatic heterocycles. The minimum absolute atomic E-state index is 0.306. The van der Waals surface area contributed by atoms with Gasteiger partial charge in [0, 0.05) is 18.4 Å². The van der Waals surface area contributed by atoms with Crippen molar-refractivity contribution in [1.82, 2.24) is 10.2 Å². The van der Waals surface area contributed by atoms with Crippen LogP contribution in [0.15, 0.2) is 29.4 Å². The topological polar surface area (TPSA) is 86.9 Å². The molecule has 0 fully saturated rings. The summed E-state index contributed by atoms with van der Waals surface area (Å²) >= 11 is 0. The van der Waals surface area contributed by atoms with E-state index in [0.29, 0.717) is 21.7 Å². The molecule has 3 N–H and O–H groups in total. The van der Waals surface area contributed by atoms with Crippen molar-refractivity contribution in [3.63, 3.8) is 0 Å². The van der Waals surface area contributed by atoms with Gasteiger partial charge in [-0.05, 0) is 44.0 Å². The summed E-state index contributed by atoms with van der Waals surface area (Å²) in [5, 5.41) is 9.48. The second-order valence-corrected chi connectivity index (χ2v) is 6.18. The summed E-state index contributed by atoms with van der Waals surface area (Å²) in [5.41, 5.74) is 2.75. The Labute approximate surface area is 118 Å². The number of aromatic nitrogens is 2. The highest BCUT2D eigenvalue weighted by atomic mass is 32.2. The van der Waals surface area contributed by atoms with Gasteiger partial charge >= 0.3 is 0 Å². The molecule has 0 aliphatic rings. The van der Waals surface area contributed by atoms with E-state index < -0.39 is 10.0 Å². The number of hydrogen-bond acceptors (Lipinski definition) is 4. The van der Waals surface area contributed by atoms with Gasteiger partial charge in [0.15, 0.2) is 0 Å². The van der Waals surface area contributed by atoms with Crippen LogP contribution in [0.25, 0.3) is 0 Å². The van der Waals surface area contributed by atoms with Crippen molar-refractivity contribution in [3.05, 3.63) is 35.7 Å². The largest absolute Gasteiger partial charge is 0.385 e. The van der Waals surface area contributed by atoms with Crippen LogP contribution in [-0.4, -0.2) is 25.2 Å². The highest BCUT2D eigenvalue weighted by molar-refractivity contribution is 7.92. The first-order chi connectivity index (χ1) is 9.44. The molecule has 0 radical (unpaired) electrons. The van der Waals surface area contributed by atoms with Crippen LogP contribution in [-0.2, 0) is 10.0 Å². The lowest BCUT2D eigenvalue weighted by atomic mass is 10.1. The van der Waals surface area contributed by atoms with Gasteiger partial charge in [-0.3, -0.25) is 9.82 Å². The van der Waals surface area contributed by atoms with Gasteiger partial charge in [0.2, 0.25) is 0 Å². The second kappa shape index (κ2) is 5.54. The van der Waals surface area contributed by atoms with E-state index in [2.05, 4.69) is 20.2 Å². The Morgan fingerprint density at radius 1 is 1.20 bits per heavy atom. The third-order valence-electron chi connectivity index (χ3n) is 2.86. The number of sulfonamides is 1. The fourth-order valence-corrected chi connectivity index (χ4v) is 3.68. The van der Waals surface area contributed by atoms with E-state index in [4.69, 9.17) is 0 Å². The van der Waals surface area contributed by atoms with Crippen molar-refractivity contribution in [3.8, 4) is 0 Å². The zero-order valence-corrected chi connectivity index (χ0v) is 12.5. The SMILES string of the molecule is CCNc1cc(C)c(S(=O)(=O)Nc2cn[nH]c2)c(C)c1. The van der Waals surface area contributed by atoms with Gasteiger partial charge in [-0.1, -0.05) is 0 Å². The maximum absolute atomic E-state index is 12.4. The van der Waals surface area contributed by atoms with E-state index in [1.165, 1.54) is 12.4 Å². The van der Waals surface area contributed by atoms with Gasteiger partial charge in [0.25, 0.3) is 10.0 Å². The first-order valence-electron chi connectivity index (χ1n) is 6.30. The number of nitrogens with zero attached hydrogens (tertiary/aromatic N) is 1. The molecular formula is C13H18N4O2S. The molecule has 1 aromatic carbocycles. The lowest BCUT2D eigenvalue weighted by molar-refractivity contribution is 0.600. The molecule has 0 aliphatic heterocycles. The molecule has 0 amide bonds. The van der Waals surface area contributed by atoms with Gasteiger partial charge in [0.1, 0.15) is 0 Å². The normalized spacial score (nSPS) is 11.3. The number of aryl methyl sites for hydroxylation is 2. The molecule has 1 heterocycles. The lowest BCUT2D eigenvalue weighted by Gasteiger charge is -2.14. The highest BCUT2D eigenvalue weighted by Crippen LogP contribution is 2.26. The maximum atomic E-state index is 12.4. The summed E-state index contributed by atoms with van der Waals surface area (Å²) in [6.07, 6.45) is 2.92. The number of aromatic amines is 1. The average molecular weight is 294 g/mol. The van der Waals surface area contributed by atoms with E-state index in [1.807, 2.05) is 19.1 Å². The predicted octanol–water partition coefficient (Wildman–Crippen LogP) is 2.26. The van der Waals surface area contributed by atoms with Crippen LogP contribution < -0.4 is 10.0 Å². The van der Waals surface area contributed by atoms with E-state index >= 15 is 0 Å². The highest BCUT2D eigenvalue weighted by Gasteiger charge is 2.20. The van der Waals surface area contributed by atoms with Crippen LogP contribution in [0.3, 0.4) is 0 Å². The summed E-state index contributed by atoms with van der Waals surface area (Å²) in [4.78, 5) is 0.306. The molecule has 0 spiro atoms. The van der Waals surface area contributed by atoms with Crippen molar-refractivity contribution in [2.75, 3.05) is 16.6 Å². The van der Waals surface area contributed by atoms with Crippen molar-refractivity contribution >= 4 is 21.4 Å². The van der Waals surface area contributed by atoms with Gasteiger partial charge in [-0.15, -0.1) is 0 Å². The molecule has 0 bridgehead atoms. The molecule has 0 aliphatic carbocycles. The molecule has 0 unspecified atom stereocenters. The smallest absolute Gasteiger partial charge is 0.262 e. The molecule has 0 atom stereocenters. The Balaban J connectivity index is 2.41. The van der Waals surface area contributed by atoms with Crippen LogP contribution in [0, 0.1) is 13.8 Å². The molecule has 6 nitrogen and oxygen atoms in total. The molecular weight excluding hydrogens is 276 g/mol. The first kappa shape index (κ1) is 14.4. The van der Waals surface area contributed by atoms with Gasteiger partial charge in [0.05, 0.1) is 16.8 Å². The number of rotatable bonds is 5. The average Bonchev–Trinajstić information content (AvgIpc) is 2.79. The van der Waals surface area contributed by atoms with Crippen molar-refractivity contribution < 1.29 is 8.42 Å². The van der Waals surface area contributed by atoms with E-state index in [1.54, 1.807) is 13.8 Å². The van der Waals surface area contributed by atoms with Crippen LogP contribution >= 0.6 is 0 Å². The maximum Gasteiger partial charge on any atom is 0.262 e. The third-order valence-corrected chi connectivity index (χ3v) is 4.55. The van der Waals surface area contributed by atoms with Crippen molar-refractivity contribution in [1.29, 1.82) is 0 Å². The number of nitrogens with one attached hydrogen (secondary N) is 3. The van der Waals surface area contributed by atoms with Gasteiger partial charge in [-0.2, -0.15) is 5.10 Å². The standard InChI is InChI=1S/C13H18N4O2S/c1-4-14-11-5-9(2)13(10(3)6-11)20(18,19)17-12-7-15-16-8-12/h5-8,14,17H,4H2,1-3H3,(H,15,16). The summed E-state index contributed by atoms with van der Waals surface area (Å²) in [7, 11) is -3.61. The molecule has 0 saturated heterocycles. The summed E-state index contributed by atoms with van der Waals surface area (Å²) in [5.74, 6) is 0. The van der Waals surface area contributed by atoms with Crippen LogP contribution in [0.2, 0.25) is 0 Å². The van der Waals surface area contributed by atoms with Crippen LogP contribution in [0.1, 0.15) is 18.1 Å². The Kier molecular flexibility index (Phi) is 3.99. The minimum atomic E-state index is -3.61. The predicted molar refractivity (Wildman–Crippen MR) is 79.5 cm³/mol. The molecule has 108 valence electrons. The van der Waals surface area contributed by atoms with E-state index in [-0.39, 0.29) is 0 Å². The first-order valence-corrected chi connectivity index (χ1v) is 7.79. The van der Waals surface area contributed by atoms with E-state index in [9.17, 15) is 8.42 Å². The molecule has 0 saturated carbocycles. The number of H-pyrrole nitrogens is 1. The molecule has 20 heavy (non-hydrogen) atoms. The third kappa shape index (κ3) is 2.93. The number of benzene rings is 1. The number of anilines is 2. The Morgan fingerprint density at radius 2 is 1.85 bits per heavy atom. The minimum Gasteiger partial charge on any atom is -0.385 e. The van der Waals surface area contributed by atoms with Crippen molar-refractivity contribution in [2.24, 2.45) is 0 Å². The van der Waals surface area contributed by atoms with Gasteiger partial charge < -0.3 is 5.32 Å². The number of hydrogen-bond donors (Lipinski definition) is 3. The summed E-state index contributed by atoms with van der Waals surface area (Å²) in [6.45, 7) is 6.36. The Morgan fingerprint density at radius 3 is 2.35 bits per heavy atom. The lowest BCUT2D eigenvalue weighted by Crippen LogP contribution is -2.15. The zero-order chi connectivity index (χ0) is 14.8. The summed E-state index contributed by atoms with van der Waals surface area (Å²) in [6, 6.07) is 3.67. The van der Waals surface area contributed by atoms with Crippen LogP contribution in [0.4, 0.5) is 11.4 Å². The molecule has 7 heteroatoms. The van der Waals surface area contributed by atoms with Gasteiger partial charge in [-0.25, -0.2) is 8.42 Å². The van der Waals surface area contributed by atoms with Crippen LogP contribution in [0.5, 0.6) is 0 Å². The fourth-order valence-electron chi connectivity index (χ4n) is 2.19. The fraction of sp³-hybridized carbons (Fsp3) is 0.308. The summed E-state index contributed by atoms with van der Waals surface area (Å²) < 4.78 is 27.4. The van der Waals surface area contributed by atoms with E-state index in [0.717, 1.165) is 12.2 Å². The Hall–Kier alpha value is -2.02. The molecule has 2 aromatic rings. The zero-order valence-electron chi connectivity index (χ0n) is 11.7.